The number of aryl methyl sites for hydroxylation is 1. The molecule has 7 heteroatoms. The van der Waals surface area contributed by atoms with Crippen molar-refractivity contribution in [3.05, 3.63) is 94.3 Å². The third kappa shape index (κ3) is 4.35. The molecule has 0 bridgehead atoms. The molecule has 0 spiro atoms. The second kappa shape index (κ2) is 8.28. The summed E-state index contributed by atoms with van der Waals surface area (Å²) in [7, 11) is 0. The summed E-state index contributed by atoms with van der Waals surface area (Å²) < 4.78 is 8.40. The van der Waals surface area contributed by atoms with E-state index in [-0.39, 0.29) is 5.91 Å². The molecule has 0 aliphatic rings. The molecule has 0 atom stereocenters. The number of carbonyl (C=O) groups excluding carboxylic acids is 1. The summed E-state index contributed by atoms with van der Waals surface area (Å²) in [4.78, 5) is 12.3. The molecule has 0 aliphatic heterocycles. The SMILES string of the molecule is Cc1ccc(-c2nn(-c3ccccc3)cc2/C=N\NC(=O)c2ccc(Br)cc2)o1. The standard InChI is InChI=1S/C22H17BrN4O2/c1-15-7-12-20(29-15)21-17(14-27(26-21)19-5-3-2-4-6-19)13-24-25-22(28)16-8-10-18(23)11-9-16/h2-14H,1H3,(H,25,28)/b24-13-. The van der Waals surface area contributed by atoms with E-state index < -0.39 is 0 Å². The van der Waals surface area contributed by atoms with Crippen molar-refractivity contribution in [2.45, 2.75) is 6.92 Å². The van der Waals surface area contributed by atoms with E-state index >= 15 is 0 Å². The Kier molecular flexibility index (Phi) is 5.39. The highest BCUT2D eigenvalue weighted by molar-refractivity contribution is 9.10. The van der Waals surface area contributed by atoms with Gasteiger partial charge in [-0.2, -0.15) is 10.2 Å². The minimum Gasteiger partial charge on any atom is -0.460 e. The Morgan fingerprint density at radius 2 is 1.86 bits per heavy atom. The number of amides is 1. The van der Waals surface area contributed by atoms with Crippen molar-refractivity contribution in [3.63, 3.8) is 0 Å². The molecule has 2 heterocycles. The summed E-state index contributed by atoms with van der Waals surface area (Å²) in [6.07, 6.45) is 3.41. The maximum atomic E-state index is 12.3. The summed E-state index contributed by atoms with van der Waals surface area (Å²) in [5, 5.41) is 8.75. The van der Waals surface area contributed by atoms with Gasteiger partial charge in [-0.05, 0) is 55.5 Å². The molecular weight excluding hydrogens is 432 g/mol. The quantitative estimate of drug-likeness (QED) is 0.346. The summed E-state index contributed by atoms with van der Waals surface area (Å²) in [5.74, 6) is 1.14. The van der Waals surface area contributed by atoms with E-state index in [4.69, 9.17) is 4.42 Å². The van der Waals surface area contributed by atoms with E-state index in [0.29, 0.717) is 17.0 Å². The first-order chi connectivity index (χ1) is 14.1. The monoisotopic (exact) mass is 448 g/mol. The number of carbonyl (C=O) groups is 1. The van der Waals surface area contributed by atoms with Gasteiger partial charge in [0.2, 0.25) is 0 Å². The number of nitrogens with zero attached hydrogens (tertiary/aromatic N) is 3. The molecule has 0 unspecified atom stereocenters. The van der Waals surface area contributed by atoms with Crippen molar-refractivity contribution in [1.82, 2.24) is 15.2 Å². The third-order valence-corrected chi connectivity index (χ3v) is 4.74. The molecular formula is C22H17BrN4O2. The second-order valence-electron chi connectivity index (χ2n) is 6.33. The lowest BCUT2D eigenvalue weighted by Gasteiger charge is -1.99. The first kappa shape index (κ1) is 18.9. The molecule has 6 nitrogen and oxygen atoms in total. The zero-order valence-electron chi connectivity index (χ0n) is 15.5. The molecule has 0 saturated carbocycles. The number of rotatable bonds is 5. The highest BCUT2D eigenvalue weighted by Gasteiger charge is 2.14. The molecule has 2 aromatic carbocycles. The fraction of sp³-hybridized carbons (Fsp3) is 0.0455. The van der Waals surface area contributed by atoms with Crippen LogP contribution in [0.3, 0.4) is 0 Å². The summed E-state index contributed by atoms with van der Waals surface area (Å²) in [5.41, 5.74) is 5.34. The number of para-hydroxylation sites is 1. The van der Waals surface area contributed by atoms with Crippen LogP contribution in [-0.2, 0) is 0 Å². The van der Waals surface area contributed by atoms with Crippen LogP contribution >= 0.6 is 15.9 Å². The van der Waals surface area contributed by atoms with Gasteiger partial charge in [-0.25, -0.2) is 10.1 Å². The number of furan rings is 1. The molecule has 0 fully saturated rings. The van der Waals surface area contributed by atoms with E-state index in [9.17, 15) is 4.79 Å². The molecule has 0 radical (unpaired) electrons. The predicted octanol–water partition coefficient (Wildman–Crippen LogP) is 4.97. The van der Waals surface area contributed by atoms with Crippen LogP contribution in [0, 0.1) is 6.92 Å². The molecule has 4 rings (SSSR count). The maximum absolute atomic E-state index is 12.3. The predicted molar refractivity (Wildman–Crippen MR) is 115 cm³/mol. The zero-order valence-corrected chi connectivity index (χ0v) is 17.1. The first-order valence-electron chi connectivity index (χ1n) is 8.91. The highest BCUT2D eigenvalue weighted by atomic mass is 79.9. The summed E-state index contributed by atoms with van der Waals surface area (Å²) in [6, 6.07) is 20.6. The average Bonchev–Trinajstić information content (AvgIpc) is 3.35. The van der Waals surface area contributed by atoms with Crippen LogP contribution < -0.4 is 5.43 Å². The van der Waals surface area contributed by atoms with Gasteiger partial charge in [-0.1, -0.05) is 34.1 Å². The number of nitrogens with one attached hydrogen (secondary N) is 1. The van der Waals surface area contributed by atoms with Gasteiger partial charge in [0.1, 0.15) is 11.5 Å². The molecule has 4 aromatic rings. The van der Waals surface area contributed by atoms with Gasteiger partial charge in [-0.15, -0.1) is 0 Å². The second-order valence-corrected chi connectivity index (χ2v) is 7.25. The normalized spacial score (nSPS) is 11.1. The third-order valence-electron chi connectivity index (χ3n) is 4.21. The first-order valence-corrected chi connectivity index (χ1v) is 9.70. The zero-order chi connectivity index (χ0) is 20.2. The fourth-order valence-electron chi connectivity index (χ4n) is 2.77. The van der Waals surface area contributed by atoms with Gasteiger partial charge in [0.15, 0.2) is 5.76 Å². The van der Waals surface area contributed by atoms with Gasteiger partial charge in [0.25, 0.3) is 5.91 Å². The summed E-state index contributed by atoms with van der Waals surface area (Å²) in [6.45, 7) is 1.88. The van der Waals surface area contributed by atoms with Crippen molar-refractivity contribution < 1.29 is 9.21 Å². The van der Waals surface area contributed by atoms with Crippen molar-refractivity contribution >= 4 is 28.1 Å². The Morgan fingerprint density at radius 1 is 1.10 bits per heavy atom. The van der Waals surface area contributed by atoms with Crippen LogP contribution in [0.1, 0.15) is 21.7 Å². The molecule has 1 amide bonds. The van der Waals surface area contributed by atoms with Crippen LogP contribution in [-0.4, -0.2) is 21.9 Å². The molecule has 1 N–H and O–H groups in total. The maximum Gasteiger partial charge on any atom is 0.271 e. The van der Waals surface area contributed by atoms with Crippen LogP contribution in [0.4, 0.5) is 0 Å². The molecule has 2 aromatic heterocycles. The molecule has 0 saturated heterocycles. The Morgan fingerprint density at radius 3 is 2.55 bits per heavy atom. The van der Waals surface area contributed by atoms with E-state index in [1.165, 1.54) is 0 Å². The largest absolute Gasteiger partial charge is 0.460 e. The van der Waals surface area contributed by atoms with Crippen molar-refractivity contribution in [3.8, 4) is 17.1 Å². The average molecular weight is 449 g/mol. The minimum absolute atomic E-state index is 0.292. The number of hydrogen-bond donors (Lipinski definition) is 1. The van der Waals surface area contributed by atoms with Gasteiger partial charge in [-0.3, -0.25) is 4.79 Å². The highest BCUT2D eigenvalue weighted by Crippen LogP contribution is 2.24. The molecule has 29 heavy (non-hydrogen) atoms. The van der Waals surface area contributed by atoms with Crippen LogP contribution in [0.2, 0.25) is 0 Å². The molecule has 144 valence electrons. The van der Waals surface area contributed by atoms with Crippen molar-refractivity contribution in [2.24, 2.45) is 5.10 Å². The van der Waals surface area contributed by atoms with Crippen LogP contribution in [0.5, 0.6) is 0 Å². The number of aromatic nitrogens is 2. The van der Waals surface area contributed by atoms with E-state index in [0.717, 1.165) is 21.5 Å². The number of hydrazone groups is 1. The molecule has 0 aliphatic carbocycles. The van der Waals surface area contributed by atoms with Crippen LogP contribution in [0.25, 0.3) is 17.1 Å². The van der Waals surface area contributed by atoms with Crippen molar-refractivity contribution in [2.75, 3.05) is 0 Å². The summed E-state index contributed by atoms with van der Waals surface area (Å²) >= 11 is 3.35. The topological polar surface area (TPSA) is 72.4 Å². The Labute approximate surface area is 176 Å². The van der Waals surface area contributed by atoms with Gasteiger partial charge in [0, 0.05) is 21.8 Å². The Hall–Kier alpha value is -3.45. The number of halogens is 1. The van der Waals surface area contributed by atoms with E-state index in [1.54, 1.807) is 35.2 Å². The lowest BCUT2D eigenvalue weighted by molar-refractivity contribution is 0.0955. The van der Waals surface area contributed by atoms with Crippen molar-refractivity contribution in [1.29, 1.82) is 0 Å². The van der Waals surface area contributed by atoms with E-state index in [2.05, 4.69) is 31.6 Å². The van der Waals surface area contributed by atoms with E-state index in [1.807, 2.05) is 55.6 Å². The lowest BCUT2D eigenvalue weighted by Crippen LogP contribution is -2.17. The van der Waals surface area contributed by atoms with Gasteiger partial charge in [0.05, 0.1) is 11.9 Å². The fourth-order valence-corrected chi connectivity index (χ4v) is 3.04. The number of benzene rings is 2. The van der Waals surface area contributed by atoms with Gasteiger partial charge >= 0.3 is 0 Å². The Bertz CT molecular complexity index is 1160. The Balaban J connectivity index is 1.61. The van der Waals surface area contributed by atoms with Crippen LogP contribution in [0.15, 0.2) is 86.9 Å². The lowest BCUT2D eigenvalue weighted by atomic mass is 10.2. The number of hydrogen-bond acceptors (Lipinski definition) is 4. The van der Waals surface area contributed by atoms with Gasteiger partial charge < -0.3 is 4.42 Å². The smallest absolute Gasteiger partial charge is 0.271 e. The minimum atomic E-state index is -0.292.